The molecule has 0 radical (unpaired) electrons. The summed E-state index contributed by atoms with van der Waals surface area (Å²) in [6.45, 7) is 2.01. The van der Waals surface area contributed by atoms with Crippen molar-refractivity contribution >= 4 is 58.7 Å². The van der Waals surface area contributed by atoms with E-state index >= 15 is 0 Å². The van der Waals surface area contributed by atoms with Crippen LogP contribution in [0.4, 0.5) is 30.6 Å². The minimum absolute atomic E-state index is 0.395. The lowest BCUT2D eigenvalue weighted by Gasteiger charge is -2.20. The lowest BCUT2D eigenvalue weighted by Crippen LogP contribution is -2.55. The van der Waals surface area contributed by atoms with Crippen LogP contribution in [0.3, 0.4) is 0 Å². The minimum Gasteiger partial charge on any atom is -0.318 e. The molecule has 0 aromatic heterocycles. The van der Waals surface area contributed by atoms with Gasteiger partial charge in [0.2, 0.25) is 0 Å². The molecule has 0 heterocycles. The maximum atomic E-state index is 12.2. The Balaban J connectivity index is 1.85. The molecule has 2 rings (SSSR count). The average molecular weight is 509 g/mol. The molecule has 0 aliphatic heterocycles. The highest BCUT2D eigenvalue weighted by Crippen LogP contribution is 2.14. The first-order valence-corrected chi connectivity index (χ1v) is 11.3. The number of unbranched alkanes of at least 4 members (excludes halogenated alkanes) is 2. The molecule has 8 amide bonds. The predicted octanol–water partition coefficient (Wildman–Crippen LogP) is 5.26. The Labute approximate surface area is 207 Å². The van der Waals surface area contributed by atoms with Gasteiger partial charge in [-0.05, 0) is 61.4 Å². The molecule has 34 heavy (non-hydrogen) atoms. The Morgan fingerprint density at radius 2 is 1.09 bits per heavy atom. The van der Waals surface area contributed by atoms with Crippen molar-refractivity contribution in [3.63, 3.8) is 0 Å². The molecule has 182 valence electrons. The Bertz CT molecular complexity index is 910. The summed E-state index contributed by atoms with van der Waals surface area (Å²) < 4.78 is 0. The zero-order chi connectivity index (χ0) is 24.9. The van der Waals surface area contributed by atoms with E-state index in [9.17, 15) is 19.2 Å². The number of nitrogens with one attached hydrogen (secondary N) is 6. The van der Waals surface area contributed by atoms with E-state index in [-0.39, 0.29) is 0 Å². The molecule has 0 spiro atoms. The van der Waals surface area contributed by atoms with E-state index in [1.54, 1.807) is 48.5 Å². The van der Waals surface area contributed by atoms with Gasteiger partial charge in [-0.1, -0.05) is 43.0 Å². The van der Waals surface area contributed by atoms with E-state index in [1.807, 2.05) is 6.92 Å². The second-order valence-corrected chi connectivity index (χ2v) is 8.04. The molecular weight excluding hydrogens is 483 g/mol. The van der Waals surface area contributed by atoms with Gasteiger partial charge in [0.15, 0.2) is 0 Å². The largest absolute Gasteiger partial charge is 0.327 e. The van der Waals surface area contributed by atoms with Crippen molar-refractivity contribution in [3.05, 3.63) is 58.6 Å². The van der Waals surface area contributed by atoms with Crippen molar-refractivity contribution in [2.24, 2.45) is 0 Å². The minimum atomic E-state index is -0.821. The number of benzene rings is 2. The Morgan fingerprint density at radius 3 is 1.47 bits per heavy atom. The van der Waals surface area contributed by atoms with Crippen LogP contribution in [0.15, 0.2) is 48.5 Å². The first-order valence-electron chi connectivity index (χ1n) is 10.5. The zero-order valence-electron chi connectivity index (χ0n) is 18.4. The van der Waals surface area contributed by atoms with E-state index in [0.29, 0.717) is 34.3 Å². The molecule has 0 saturated heterocycles. The summed E-state index contributed by atoms with van der Waals surface area (Å²) >= 11 is 11.6. The fourth-order valence-electron chi connectivity index (χ4n) is 2.76. The lowest BCUT2D eigenvalue weighted by atomic mass is 10.2. The molecule has 0 unspecified atom stereocenters. The molecule has 10 nitrogen and oxygen atoms in total. The Hall–Kier alpha value is -3.50. The number of hydrogen-bond donors (Lipinski definition) is 6. The smallest absolute Gasteiger partial charge is 0.318 e. The van der Waals surface area contributed by atoms with Gasteiger partial charge in [-0.3, -0.25) is 10.6 Å². The quantitative estimate of drug-likeness (QED) is 0.213. The molecular formula is C22H26Cl2N6O4. The highest BCUT2D eigenvalue weighted by molar-refractivity contribution is 6.31. The van der Waals surface area contributed by atoms with Crippen LogP contribution in [0, 0.1) is 0 Å². The van der Waals surface area contributed by atoms with Gasteiger partial charge in [0.1, 0.15) is 6.17 Å². The number of carbonyl (C=O) groups is 4. The van der Waals surface area contributed by atoms with Crippen LogP contribution in [0.1, 0.15) is 32.6 Å². The normalized spacial score (nSPS) is 10.2. The highest BCUT2D eigenvalue weighted by Gasteiger charge is 2.18. The van der Waals surface area contributed by atoms with Crippen LogP contribution in [0.2, 0.25) is 10.0 Å². The standard InChI is InChI=1S/C22H26Cl2N6O4/c1-2-3-4-5-18(27-21(33)29-19(31)25-16-10-6-14(23)7-11-16)28-22(34)30-20(32)26-17-12-8-15(24)9-13-17/h6-13,18H,2-5H2,1H3,(H3,25,27,29,31,33)(H3,26,28,30,32,34). The molecule has 0 fully saturated rings. The summed E-state index contributed by atoms with van der Waals surface area (Å²) in [6.07, 6.45) is 2.08. The molecule has 0 saturated carbocycles. The SMILES string of the molecule is CCCCCC(NC(=O)NC(=O)Nc1ccc(Cl)cc1)NC(=O)NC(=O)Nc1ccc(Cl)cc1. The zero-order valence-corrected chi connectivity index (χ0v) is 19.9. The number of halogens is 2. The Kier molecular flexibility index (Phi) is 10.9. The van der Waals surface area contributed by atoms with E-state index < -0.39 is 30.3 Å². The summed E-state index contributed by atoms with van der Waals surface area (Å²) in [5, 5.41) is 15.2. The van der Waals surface area contributed by atoms with Crippen LogP contribution < -0.4 is 31.9 Å². The van der Waals surface area contributed by atoms with Gasteiger partial charge < -0.3 is 21.3 Å². The van der Waals surface area contributed by atoms with Crippen molar-refractivity contribution in [3.8, 4) is 0 Å². The monoisotopic (exact) mass is 508 g/mol. The number of amides is 8. The van der Waals surface area contributed by atoms with Crippen molar-refractivity contribution < 1.29 is 19.2 Å². The van der Waals surface area contributed by atoms with E-state index in [4.69, 9.17) is 23.2 Å². The van der Waals surface area contributed by atoms with Crippen molar-refractivity contribution in [1.29, 1.82) is 0 Å². The third-order valence-electron chi connectivity index (χ3n) is 4.37. The van der Waals surface area contributed by atoms with Gasteiger partial charge in [-0.15, -0.1) is 0 Å². The molecule has 0 aliphatic rings. The van der Waals surface area contributed by atoms with Crippen LogP contribution in [0.25, 0.3) is 0 Å². The summed E-state index contributed by atoms with van der Waals surface area (Å²) in [7, 11) is 0. The number of hydrogen-bond acceptors (Lipinski definition) is 4. The van der Waals surface area contributed by atoms with E-state index in [1.165, 1.54) is 0 Å². The fourth-order valence-corrected chi connectivity index (χ4v) is 3.02. The van der Waals surface area contributed by atoms with Crippen LogP contribution in [-0.2, 0) is 0 Å². The highest BCUT2D eigenvalue weighted by atomic mass is 35.5. The maximum absolute atomic E-state index is 12.2. The van der Waals surface area contributed by atoms with Crippen molar-refractivity contribution in [1.82, 2.24) is 21.3 Å². The number of imide groups is 2. The van der Waals surface area contributed by atoms with Gasteiger partial charge >= 0.3 is 24.1 Å². The third kappa shape index (κ3) is 10.4. The second kappa shape index (κ2) is 13.9. The molecule has 2 aromatic carbocycles. The van der Waals surface area contributed by atoms with E-state index in [0.717, 1.165) is 12.8 Å². The van der Waals surface area contributed by atoms with Gasteiger partial charge in [0.05, 0.1) is 0 Å². The summed E-state index contributed by atoms with van der Waals surface area (Å²) in [5.74, 6) is 0. The van der Waals surface area contributed by atoms with Crippen LogP contribution >= 0.6 is 23.2 Å². The number of rotatable bonds is 8. The summed E-state index contributed by atoms with van der Waals surface area (Å²) in [6, 6.07) is 9.50. The summed E-state index contributed by atoms with van der Waals surface area (Å²) in [4.78, 5) is 48.6. The Morgan fingerprint density at radius 1 is 0.676 bits per heavy atom. The van der Waals surface area contributed by atoms with Gasteiger partial charge in [-0.2, -0.15) is 0 Å². The molecule has 0 bridgehead atoms. The number of carbonyl (C=O) groups excluding carboxylic acids is 4. The first kappa shape index (κ1) is 26.7. The van der Waals surface area contributed by atoms with Gasteiger partial charge in [0, 0.05) is 21.4 Å². The first-order chi connectivity index (χ1) is 16.2. The molecule has 12 heteroatoms. The summed E-state index contributed by atoms with van der Waals surface area (Å²) in [5.41, 5.74) is 0.886. The predicted molar refractivity (Wildman–Crippen MR) is 132 cm³/mol. The molecule has 0 atom stereocenters. The van der Waals surface area contributed by atoms with Crippen LogP contribution in [0.5, 0.6) is 0 Å². The van der Waals surface area contributed by atoms with Gasteiger partial charge in [0.25, 0.3) is 0 Å². The maximum Gasteiger partial charge on any atom is 0.327 e. The molecule has 6 N–H and O–H groups in total. The molecule has 0 aliphatic carbocycles. The number of urea groups is 4. The topological polar surface area (TPSA) is 140 Å². The van der Waals surface area contributed by atoms with Crippen molar-refractivity contribution in [2.45, 2.75) is 38.8 Å². The lowest BCUT2D eigenvalue weighted by molar-refractivity contribution is 0.220. The second-order valence-electron chi connectivity index (χ2n) is 7.17. The van der Waals surface area contributed by atoms with Crippen LogP contribution in [-0.4, -0.2) is 30.3 Å². The molecule has 2 aromatic rings. The number of anilines is 2. The average Bonchev–Trinajstić information content (AvgIpc) is 2.76. The van der Waals surface area contributed by atoms with Gasteiger partial charge in [-0.25, -0.2) is 19.2 Å². The fraction of sp³-hybridized carbons (Fsp3) is 0.273. The van der Waals surface area contributed by atoms with Crippen molar-refractivity contribution in [2.75, 3.05) is 10.6 Å². The third-order valence-corrected chi connectivity index (χ3v) is 4.87. The van der Waals surface area contributed by atoms with E-state index in [2.05, 4.69) is 31.9 Å².